The summed E-state index contributed by atoms with van der Waals surface area (Å²) in [6.07, 6.45) is 2.30. The molecule has 0 aliphatic carbocycles. The Morgan fingerprint density at radius 1 is 1.29 bits per heavy atom. The molecule has 72 valence electrons. The van der Waals surface area contributed by atoms with Gasteiger partial charge >= 0.3 is 5.97 Å². The fraction of sp³-hybridized carbons (Fsp3) is 0. The Kier molecular flexibility index (Phi) is 3.01. The lowest BCUT2D eigenvalue weighted by atomic mass is 10.1. The molecule has 0 fully saturated rings. The second-order valence-electron chi connectivity index (χ2n) is 2.62. The summed E-state index contributed by atoms with van der Waals surface area (Å²) in [4.78, 5) is 21.2. The quantitative estimate of drug-likeness (QED) is 0.696. The summed E-state index contributed by atoms with van der Waals surface area (Å²) >= 11 is 0. The highest BCUT2D eigenvalue weighted by atomic mass is 16.4. The molecule has 0 atom stereocenters. The van der Waals surface area contributed by atoms with Crippen LogP contribution in [-0.2, 0) is 4.79 Å². The van der Waals surface area contributed by atoms with Gasteiger partial charge in [-0.2, -0.15) is 0 Å². The third-order valence-electron chi connectivity index (χ3n) is 1.63. The van der Waals surface area contributed by atoms with Crippen LogP contribution in [0.2, 0.25) is 0 Å². The molecule has 0 unspecified atom stereocenters. The Hall–Kier alpha value is -2.10. The molecule has 0 heterocycles. The van der Waals surface area contributed by atoms with E-state index < -0.39 is 11.9 Å². The normalized spacial score (nSPS) is 10.3. The van der Waals surface area contributed by atoms with Gasteiger partial charge in [0, 0.05) is 11.6 Å². The fourth-order valence-corrected chi connectivity index (χ4v) is 1.03. The average molecular weight is 191 g/mol. The van der Waals surface area contributed by atoms with Crippen molar-refractivity contribution in [2.24, 2.45) is 5.73 Å². The molecule has 14 heavy (non-hydrogen) atoms. The van der Waals surface area contributed by atoms with Gasteiger partial charge in [0.25, 0.3) is 0 Å². The van der Waals surface area contributed by atoms with Crippen LogP contribution in [-0.4, -0.2) is 17.0 Å². The smallest absolute Gasteiger partial charge is 0.328 e. The number of nitrogens with two attached hydrogens (primary N) is 1. The van der Waals surface area contributed by atoms with Crippen molar-refractivity contribution in [2.75, 3.05) is 0 Å². The van der Waals surface area contributed by atoms with Crippen LogP contribution in [0.25, 0.3) is 6.08 Å². The first-order valence-corrected chi connectivity index (χ1v) is 3.91. The predicted molar refractivity (Wildman–Crippen MR) is 51.6 cm³/mol. The maximum Gasteiger partial charge on any atom is 0.328 e. The molecule has 4 nitrogen and oxygen atoms in total. The van der Waals surface area contributed by atoms with E-state index in [1.165, 1.54) is 6.08 Å². The van der Waals surface area contributed by atoms with Crippen molar-refractivity contribution in [1.82, 2.24) is 0 Å². The Balaban J connectivity index is 3.07. The van der Waals surface area contributed by atoms with E-state index in [1.54, 1.807) is 24.3 Å². The number of aliphatic carboxylic acids is 1. The maximum absolute atomic E-state index is 10.9. The van der Waals surface area contributed by atoms with Gasteiger partial charge in [-0.1, -0.05) is 18.2 Å². The van der Waals surface area contributed by atoms with Gasteiger partial charge in [-0.3, -0.25) is 4.79 Å². The van der Waals surface area contributed by atoms with Crippen LogP contribution in [0.3, 0.4) is 0 Å². The molecule has 3 N–H and O–H groups in total. The van der Waals surface area contributed by atoms with Crippen LogP contribution >= 0.6 is 0 Å². The van der Waals surface area contributed by atoms with Crippen molar-refractivity contribution in [2.45, 2.75) is 0 Å². The third-order valence-corrected chi connectivity index (χ3v) is 1.63. The van der Waals surface area contributed by atoms with Crippen LogP contribution < -0.4 is 5.73 Å². The van der Waals surface area contributed by atoms with Gasteiger partial charge in [0.1, 0.15) is 0 Å². The standard InChI is InChI=1S/C10H9NO3/c11-10(14)8-4-2-1-3-7(8)5-6-9(12)13/h1-6H,(H2,11,14)(H,12,13). The predicted octanol–water partition coefficient (Wildman–Crippen LogP) is 0.883. The van der Waals surface area contributed by atoms with Crippen molar-refractivity contribution in [3.8, 4) is 0 Å². The van der Waals surface area contributed by atoms with E-state index in [-0.39, 0.29) is 0 Å². The minimum Gasteiger partial charge on any atom is -0.478 e. The fourth-order valence-electron chi connectivity index (χ4n) is 1.03. The summed E-state index contributed by atoms with van der Waals surface area (Å²) < 4.78 is 0. The van der Waals surface area contributed by atoms with E-state index in [4.69, 9.17) is 10.8 Å². The lowest BCUT2D eigenvalue weighted by molar-refractivity contribution is -0.131. The number of carboxylic acid groups (broad SMARTS) is 1. The highest BCUT2D eigenvalue weighted by Crippen LogP contribution is 2.09. The molecule has 1 aromatic carbocycles. The summed E-state index contributed by atoms with van der Waals surface area (Å²) in [5.74, 6) is -1.64. The largest absolute Gasteiger partial charge is 0.478 e. The van der Waals surface area contributed by atoms with Gasteiger partial charge in [-0.05, 0) is 17.7 Å². The number of amides is 1. The first kappa shape index (κ1) is 9.98. The maximum atomic E-state index is 10.9. The molecule has 4 heteroatoms. The monoisotopic (exact) mass is 191 g/mol. The number of carbonyl (C=O) groups is 2. The van der Waals surface area contributed by atoms with E-state index in [2.05, 4.69) is 0 Å². The van der Waals surface area contributed by atoms with E-state index in [0.29, 0.717) is 11.1 Å². The molecule has 0 saturated carbocycles. The lowest BCUT2D eigenvalue weighted by Gasteiger charge is -1.99. The van der Waals surface area contributed by atoms with E-state index in [0.717, 1.165) is 6.08 Å². The molecule has 1 amide bonds. The molecule has 0 aliphatic heterocycles. The van der Waals surface area contributed by atoms with Crippen LogP contribution in [0.5, 0.6) is 0 Å². The molecular formula is C10H9NO3. The number of primary amides is 1. The highest BCUT2D eigenvalue weighted by Gasteiger charge is 2.03. The Labute approximate surface area is 80.7 Å². The van der Waals surface area contributed by atoms with Crippen molar-refractivity contribution < 1.29 is 14.7 Å². The summed E-state index contributed by atoms with van der Waals surface area (Å²) in [5.41, 5.74) is 5.91. The van der Waals surface area contributed by atoms with Crippen molar-refractivity contribution in [3.63, 3.8) is 0 Å². The third kappa shape index (κ3) is 2.45. The Morgan fingerprint density at radius 2 is 1.93 bits per heavy atom. The van der Waals surface area contributed by atoms with Crippen molar-refractivity contribution >= 4 is 18.0 Å². The van der Waals surface area contributed by atoms with Crippen LogP contribution in [0.15, 0.2) is 30.3 Å². The SMILES string of the molecule is NC(=O)c1ccccc1C=CC(=O)O. The van der Waals surface area contributed by atoms with Gasteiger partial charge in [0.15, 0.2) is 0 Å². The molecule has 1 aromatic rings. The van der Waals surface area contributed by atoms with E-state index in [1.807, 2.05) is 0 Å². The molecule has 0 aliphatic rings. The van der Waals surface area contributed by atoms with E-state index >= 15 is 0 Å². The topological polar surface area (TPSA) is 80.4 Å². The van der Waals surface area contributed by atoms with Gasteiger partial charge < -0.3 is 10.8 Å². The van der Waals surface area contributed by atoms with Gasteiger partial charge in [-0.25, -0.2) is 4.79 Å². The van der Waals surface area contributed by atoms with Gasteiger partial charge in [-0.15, -0.1) is 0 Å². The Morgan fingerprint density at radius 3 is 2.50 bits per heavy atom. The molecule has 0 saturated heterocycles. The zero-order valence-electron chi connectivity index (χ0n) is 7.31. The number of benzene rings is 1. The zero-order valence-corrected chi connectivity index (χ0v) is 7.31. The van der Waals surface area contributed by atoms with Crippen LogP contribution in [0, 0.1) is 0 Å². The Bertz CT molecular complexity index is 396. The molecule has 0 bridgehead atoms. The second-order valence-corrected chi connectivity index (χ2v) is 2.62. The zero-order chi connectivity index (χ0) is 10.6. The van der Waals surface area contributed by atoms with Crippen molar-refractivity contribution in [1.29, 1.82) is 0 Å². The number of rotatable bonds is 3. The number of carboxylic acids is 1. The molecule has 1 rings (SSSR count). The summed E-state index contributed by atoms with van der Waals surface area (Å²) in [6, 6.07) is 6.54. The summed E-state index contributed by atoms with van der Waals surface area (Å²) in [5, 5.41) is 8.40. The van der Waals surface area contributed by atoms with Gasteiger partial charge in [0.05, 0.1) is 0 Å². The molecule has 0 aromatic heterocycles. The first-order valence-electron chi connectivity index (χ1n) is 3.91. The molecule has 0 radical (unpaired) electrons. The second kappa shape index (κ2) is 4.23. The summed E-state index contributed by atoms with van der Waals surface area (Å²) in [6.45, 7) is 0. The minimum atomic E-state index is -1.07. The number of hydrogen-bond acceptors (Lipinski definition) is 2. The van der Waals surface area contributed by atoms with Gasteiger partial charge in [0.2, 0.25) is 5.91 Å². The molecular weight excluding hydrogens is 182 g/mol. The number of hydrogen-bond donors (Lipinski definition) is 2. The van der Waals surface area contributed by atoms with Crippen LogP contribution in [0.1, 0.15) is 15.9 Å². The first-order chi connectivity index (χ1) is 6.61. The summed E-state index contributed by atoms with van der Waals surface area (Å²) in [7, 11) is 0. The lowest BCUT2D eigenvalue weighted by Crippen LogP contribution is -2.12. The average Bonchev–Trinajstić information content (AvgIpc) is 2.15. The number of carbonyl (C=O) groups excluding carboxylic acids is 1. The minimum absolute atomic E-state index is 0.310. The molecule has 0 spiro atoms. The van der Waals surface area contributed by atoms with Crippen molar-refractivity contribution in [3.05, 3.63) is 41.5 Å². The van der Waals surface area contributed by atoms with Crippen LogP contribution in [0.4, 0.5) is 0 Å². The van der Waals surface area contributed by atoms with E-state index in [9.17, 15) is 9.59 Å². The highest BCUT2D eigenvalue weighted by molar-refractivity contribution is 5.97.